The topological polar surface area (TPSA) is 98.9 Å². The van der Waals surface area contributed by atoms with Crippen molar-refractivity contribution in [2.24, 2.45) is 0 Å². The highest BCUT2D eigenvalue weighted by Gasteiger charge is 2.22. The molecule has 0 unspecified atom stereocenters. The van der Waals surface area contributed by atoms with Gasteiger partial charge in [0.15, 0.2) is 0 Å². The minimum absolute atomic E-state index is 0.0721. The van der Waals surface area contributed by atoms with E-state index in [0.29, 0.717) is 26.1 Å². The zero-order valence-corrected chi connectivity index (χ0v) is 10.1. The lowest BCUT2D eigenvalue weighted by atomic mass is 10.1. The van der Waals surface area contributed by atoms with Crippen molar-refractivity contribution in [1.82, 2.24) is 0 Å². The van der Waals surface area contributed by atoms with Gasteiger partial charge in [0.2, 0.25) is 0 Å². The van der Waals surface area contributed by atoms with Crippen LogP contribution in [0.2, 0.25) is 0 Å². The lowest BCUT2D eigenvalue weighted by molar-refractivity contribution is -0.384. The van der Waals surface area contributed by atoms with Gasteiger partial charge in [-0.3, -0.25) is 10.1 Å². The van der Waals surface area contributed by atoms with Gasteiger partial charge >= 0.3 is 5.97 Å². The molecule has 0 aromatic heterocycles. The number of nitrogens with zero attached hydrogens (tertiary/aromatic N) is 1. The number of non-ortho nitro benzene ring substituents is 1. The number of nitro benzene ring substituents is 1. The standard InChI is InChI=1S/C12H13NO6/c14-11-7-8(13(16)17)1-2-10(11)12(15)19-9-3-5-18-6-4-9/h1-2,7,9,14H,3-6H2. The normalized spacial score (nSPS) is 16.0. The van der Waals surface area contributed by atoms with Crippen LogP contribution in [0.15, 0.2) is 18.2 Å². The van der Waals surface area contributed by atoms with Crippen LogP contribution in [0.3, 0.4) is 0 Å². The molecule has 0 spiro atoms. The fraction of sp³-hybridized carbons (Fsp3) is 0.417. The number of ether oxygens (including phenoxy) is 2. The van der Waals surface area contributed by atoms with Crippen LogP contribution in [0.5, 0.6) is 5.75 Å². The molecule has 0 saturated carbocycles. The third kappa shape index (κ3) is 3.19. The Bertz CT molecular complexity index is 495. The molecule has 1 aliphatic heterocycles. The van der Waals surface area contributed by atoms with Crippen molar-refractivity contribution < 1.29 is 24.3 Å². The maximum atomic E-state index is 11.8. The van der Waals surface area contributed by atoms with Crippen LogP contribution in [-0.2, 0) is 9.47 Å². The van der Waals surface area contributed by atoms with Gasteiger partial charge in [0, 0.05) is 18.9 Å². The van der Waals surface area contributed by atoms with Crippen molar-refractivity contribution in [3.05, 3.63) is 33.9 Å². The number of rotatable bonds is 3. The van der Waals surface area contributed by atoms with Gasteiger partial charge in [0.1, 0.15) is 17.4 Å². The van der Waals surface area contributed by atoms with Gasteiger partial charge in [-0.15, -0.1) is 0 Å². The Balaban J connectivity index is 2.08. The Morgan fingerprint density at radius 1 is 1.42 bits per heavy atom. The van der Waals surface area contributed by atoms with Crippen LogP contribution >= 0.6 is 0 Å². The zero-order valence-electron chi connectivity index (χ0n) is 10.1. The van der Waals surface area contributed by atoms with E-state index in [4.69, 9.17) is 9.47 Å². The molecule has 19 heavy (non-hydrogen) atoms. The van der Waals surface area contributed by atoms with Gasteiger partial charge in [-0.2, -0.15) is 0 Å². The number of aromatic hydroxyl groups is 1. The van der Waals surface area contributed by atoms with Crippen molar-refractivity contribution >= 4 is 11.7 Å². The second-order valence-corrected chi connectivity index (χ2v) is 4.18. The summed E-state index contributed by atoms with van der Waals surface area (Å²) in [6.07, 6.45) is 0.981. The van der Waals surface area contributed by atoms with E-state index >= 15 is 0 Å². The van der Waals surface area contributed by atoms with Crippen molar-refractivity contribution in [3.63, 3.8) is 0 Å². The number of phenolic OH excluding ortho intramolecular Hbond substituents is 1. The van der Waals surface area contributed by atoms with E-state index in [9.17, 15) is 20.0 Å². The molecule has 7 heteroatoms. The molecule has 1 aromatic carbocycles. The maximum Gasteiger partial charge on any atom is 0.342 e. The predicted molar refractivity (Wildman–Crippen MR) is 64.0 cm³/mol. The molecular weight excluding hydrogens is 254 g/mol. The SMILES string of the molecule is O=C(OC1CCOCC1)c1ccc([N+](=O)[O-])cc1O. The van der Waals surface area contributed by atoms with Crippen LogP contribution in [-0.4, -0.2) is 35.3 Å². The summed E-state index contributed by atoms with van der Waals surface area (Å²) in [5, 5.41) is 20.1. The van der Waals surface area contributed by atoms with E-state index in [-0.39, 0.29) is 17.4 Å². The van der Waals surface area contributed by atoms with E-state index in [1.54, 1.807) is 0 Å². The van der Waals surface area contributed by atoms with Gasteiger partial charge in [0.05, 0.1) is 24.2 Å². The fourth-order valence-electron chi connectivity index (χ4n) is 1.81. The molecular formula is C12H13NO6. The second kappa shape index (κ2) is 5.66. The summed E-state index contributed by atoms with van der Waals surface area (Å²) in [6, 6.07) is 3.27. The molecule has 0 bridgehead atoms. The third-order valence-corrected chi connectivity index (χ3v) is 2.85. The lowest BCUT2D eigenvalue weighted by Gasteiger charge is -2.22. The molecule has 0 radical (unpaired) electrons. The number of hydrogen-bond acceptors (Lipinski definition) is 6. The number of esters is 1. The number of phenols is 1. The Hall–Kier alpha value is -2.15. The number of benzene rings is 1. The molecule has 102 valence electrons. The van der Waals surface area contributed by atoms with Crippen molar-refractivity contribution in [2.45, 2.75) is 18.9 Å². The van der Waals surface area contributed by atoms with E-state index < -0.39 is 16.6 Å². The summed E-state index contributed by atoms with van der Waals surface area (Å²) in [5.41, 5.74) is -0.350. The minimum atomic E-state index is -0.681. The van der Waals surface area contributed by atoms with E-state index in [1.165, 1.54) is 6.07 Å². The van der Waals surface area contributed by atoms with Crippen LogP contribution in [0.1, 0.15) is 23.2 Å². The maximum absolute atomic E-state index is 11.8. The largest absolute Gasteiger partial charge is 0.507 e. The van der Waals surface area contributed by atoms with Gasteiger partial charge < -0.3 is 14.6 Å². The highest BCUT2D eigenvalue weighted by atomic mass is 16.6. The molecule has 1 fully saturated rings. The molecule has 1 N–H and O–H groups in total. The van der Waals surface area contributed by atoms with Gasteiger partial charge in [-0.25, -0.2) is 4.79 Å². The monoisotopic (exact) mass is 267 g/mol. The average molecular weight is 267 g/mol. The first-order valence-electron chi connectivity index (χ1n) is 5.84. The first-order chi connectivity index (χ1) is 9.08. The quantitative estimate of drug-likeness (QED) is 0.507. The number of carbonyl (C=O) groups is 1. The minimum Gasteiger partial charge on any atom is -0.507 e. The predicted octanol–water partition coefficient (Wildman–Crippen LogP) is 1.64. The number of hydrogen-bond donors (Lipinski definition) is 1. The van der Waals surface area contributed by atoms with Crippen LogP contribution in [0.4, 0.5) is 5.69 Å². The van der Waals surface area contributed by atoms with E-state index in [0.717, 1.165) is 12.1 Å². The van der Waals surface area contributed by atoms with Crippen molar-refractivity contribution in [3.8, 4) is 5.75 Å². The molecule has 1 aliphatic rings. The summed E-state index contributed by atoms with van der Waals surface area (Å²) < 4.78 is 10.3. The summed E-state index contributed by atoms with van der Waals surface area (Å²) in [7, 11) is 0. The average Bonchev–Trinajstić information content (AvgIpc) is 2.39. The van der Waals surface area contributed by atoms with Crippen LogP contribution < -0.4 is 0 Å². The van der Waals surface area contributed by atoms with E-state index in [1.807, 2.05) is 0 Å². The lowest BCUT2D eigenvalue weighted by Crippen LogP contribution is -2.26. The highest BCUT2D eigenvalue weighted by Crippen LogP contribution is 2.25. The van der Waals surface area contributed by atoms with Gasteiger partial charge in [0.25, 0.3) is 5.69 Å². The molecule has 1 heterocycles. The summed E-state index contributed by atoms with van der Waals surface area (Å²) in [4.78, 5) is 21.7. The van der Waals surface area contributed by atoms with Gasteiger partial charge in [-0.05, 0) is 6.07 Å². The molecule has 0 amide bonds. The van der Waals surface area contributed by atoms with Crippen molar-refractivity contribution in [2.75, 3.05) is 13.2 Å². The summed E-state index contributed by atoms with van der Waals surface area (Å²) in [5.74, 6) is -1.13. The Labute approximate surface area is 108 Å². The molecule has 7 nitrogen and oxygen atoms in total. The van der Waals surface area contributed by atoms with Crippen LogP contribution in [0.25, 0.3) is 0 Å². The fourth-order valence-corrected chi connectivity index (χ4v) is 1.81. The molecule has 1 saturated heterocycles. The number of carbonyl (C=O) groups excluding carboxylic acids is 1. The molecule has 2 rings (SSSR count). The van der Waals surface area contributed by atoms with Gasteiger partial charge in [-0.1, -0.05) is 0 Å². The summed E-state index contributed by atoms with van der Waals surface area (Å²) >= 11 is 0. The Kier molecular flexibility index (Phi) is 3.96. The second-order valence-electron chi connectivity index (χ2n) is 4.18. The third-order valence-electron chi connectivity index (χ3n) is 2.85. The Morgan fingerprint density at radius 2 is 2.11 bits per heavy atom. The van der Waals surface area contributed by atoms with Crippen molar-refractivity contribution in [1.29, 1.82) is 0 Å². The molecule has 0 aliphatic carbocycles. The van der Waals surface area contributed by atoms with Crippen LogP contribution in [0, 0.1) is 10.1 Å². The first kappa shape index (κ1) is 13.3. The summed E-state index contributed by atoms with van der Waals surface area (Å²) in [6.45, 7) is 1.06. The Morgan fingerprint density at radius 3 is 2.68 bits per heavy atom. The number of nitro groups is 1. The smallest absolute Gasteiger partial charge is 0.342 e. The molecule has 0 atom stereocenters. The highest BCUT2D eigenvalue weighted by molar-refractivity contribution is 5.92. The first-order valence-corrected chi connectivity index (χ1v) is 5.84. The molecule has 1 aromatic rings. The zero-order chi connectivity index (χ0) is 13.8. The van der Waals surface area contributed by atoms with E-state index in [2.05, 4.69) is 0 Å².